The number of carbonyl (C=O) groups is 2. The van der Waals surface area contributed by atoms with Gasteiger partial charge in [0.1, 0.15) is 11.2 Å². The van der Waals surface area contributed by atoms with E-state index in [4.69, 9.17) is 14.0 Å². The molecule has 4 atom stereocenters. The third-order valence-electron chi connectivity index (χ3n) is 8.17. The van der Waals surface area contributed by atoms with E-state index in [0.717, 1.165) is 10.6 Å². The van der Waals surface area contributed by atoms with Gasteiger partial charge in [-0.2, -0.15) is 5.01 Å². The predicted octanol–water partition coefficient (Wildman–Crippen LogP) is 3.65. The summed E-state index contributed by atoms with van der Waals surface area (Å²) in [7, 11) is 0.685. The normalized spacial score (nSPS) is 29.0. The minimum absolute atomic E-state index is 0.218. The number of imide groups is 1. The predicted molar refractivity (Wildman–Crippen MR) is 134 cm³/mol. The monoisotopic (exact) mass is 492 g/mol. The molecule has 2 saturated heterocycles. The van der Waals surface area contributed by atoms with Crippen molar-refractivity contribution in [3.8, 4) is 5.75 Å². The van der Waals surface area contributed by atoms with E-state index in [-0.39, 0.29) is 5.92 Å². The number of hydrazine groups is 1. The number of hydrogen-bond acceptors (Lipinski definition) is 7. The fourth-order valence-electron chi connectivity index (χ4n) is 5.40. The number of fused-ring (bicyclic) bond motifs is 1. The van der Waals surface area contributed by atoms with Gasteiger partial charge in [-0.05, 0) is 63.4 Å². The van der Waals surface area contributed by atoms with Crippen LogP contribution in [0.25, 0.3) is 0 Å². The Labute approximate surface area is 212 Å². The van der Waals surface area contributed by atoms with Crippen molar-refractivity contribution in [3.63, 3.8) is 0 Å². The standard InChI is InChI=1S/C27H33BN2O6/c1-16(2)22(31)27(28-35-25(3,4)26(5,6)36-28)21(17-12-14-18(34-7)15-13-17)30(27)29-23(32)19-10-8-9-11-20(19)24(29)33/h8-16,21-22,31H,1-7H3/t21-,22+,27+,30?/m0/s1. The van der Waals surface area contributed by atoms with E-state index >= 15 is 0 Å². The molecular weight excluding hydrogens is 459 g/mol. The second-order valence-corrected chi connectivity index (χ2v) is 11.2. The number of benzene rings is 2. The number of methoxy groups -OCH3 is 1. The summed E-state index contributed by atoms with van der Waals surface area (Å²) < 4.78 is 18.3. The van der Waals surface area contributed by atoms with Gasteiger partial charge < -0.3 is 19.2 Å². The molecule has 1 N–H and O–H groups in total. The lowest BCUT2D eigenvalue weighted by molar-refractivity contribution is 0.00578. The molecule has 5 rings (SSSR count). The number of amides is 2. The molecule has 36 heavy (non-hydrogen) atoms. The molecule has 2 aromatic rings. The maximum absolute atomic E-state index is 13.6. The number of aliphatic hydroxyl groups is 1. The van der Waals surface area contributed by atoms with Crippen LogP contribution in [0.1, 0.15) is 73.9 Å². The fourth-order valence-corrected chi connectivity index (χ4v) is 5.40. The molecule has 3 aliphatic rings. The van der Waals surface area contributed by atoms with Crippen LogP contribution >= 0.6 is 0 Å². The van der Waals surface area contributed by atoms with Crippen molar-refractivity contribution in [1.82, 2.24) is 10.0 Å². The lowest BCUT2D eigenvalue weighted by Gasteiger charge is -2.32. The van der Waals surface area contributed by atoms with Crippen molar-refractivity contribution < 1.29 is 28.7 Å². The second-order valence-electron chi connectivity index (χ2n) is 11.2. The molecule has 190 valence electrons. The molecule has 1 unspecified atom stereocenters. The van der Waals surface area contributed by atoms with E-state index in [1.807, 2.05) is 65.8 Å². The van der Waals surface area contributed by atoms with Crippen molar-refractivity contribution in [2.45, 2.75) is 70.3 Å². The highest BCUT2D eigenvalue weighted by molar-refractivity contribution is 6.52. The smallest absolute Gasteiger partial charge is 0.486 e. The van der Waals surface area contributed by atoms with E-state index in [2.05, 4.69) is 0 Å². The van der Waals surface area contributed by atoms with Crippen molar-refractivity contribution in [1.29, 1.82) is 0 Å². The molecule has 0 aliphatic carbocycles. The van der Waals surface area contributed by atoms with Crippen LogP contribution in [0.2, 0.25) is 0 Å². The highest BCUT2D eigenvalue weighted by Crippen LogP contribution is 2.62. The van der Waals surface area contributed by atoms with Gasteiger partial charge in [-0.25, -0.2) is 5.01 Å². The first-order chi connectivity index (χ1) is 16.9. The van der Waals surface area contributed by atoms with E-state index in [9.17, 15) is 14.7 Å². The Hall–Kier alpha value is -2.72. The number of rotatable bonds is 6. The molecule has 0 spiro atoms. The van der Waals surface area contributed by atoms with E-state index in [1.165, 1.54) is 0 Å². The number of ether oxygens (including phenoxy) is 1. The summed E-state index contributed by atoms with van der Waals surface area (Å²) in [6.45, 7) is 11.6. The van der Waals surface area contributed by atoms with Gasteiger partial charge in [-0.1, -0.05) is 38.1 Å². The quantitative estimate of drug-likeness (QED) is 0.374. The largest absolute Gasteiger partial charge is 0.497 e. The SMILES string of the molecule is COc1ccc([C@@H]2N(N3C(=O)c4ccccc4C3=O)[C@@]2(B2OC(C)(C)C(C)(C)O2)[C@H](O)C(C)C)cc1. The Morgan fingerprint density at radius 2 is 1.42 bits per heavy atom. The molecule has 0 radical (unpaired) electrons. The summed E-state index contributed by atoms with van der Waals surface area (Å²) in [6.07, 6.45) is -0.983. The van der Waals surface area contributed by atoms with E-state index in [1.54, 1.807) is 36.4 Å². The molecule has 2 amide bonds. The Morgan fingerprint density at radius 3 is 1.86 bits per heavy atom. The molecule has 2 aromatic carbocycles. The summed E-state index contributed by atoms with van der Waals surface area (Å²) in [5, 5.41) is 14.6. The van der Waals surface area contributed by atoms with Gasteiger partial charge in [0.25, 0.3) is 11.8 Å². The fraction of sp³-hybridized carbons (Fsp3) is 0.481. The highest BCUT2D eigenvalue weighted by atomic mass is 16.7. The van der Waals surface area contributed by atoms with Crippen LogP contribution in [0.3, 0.4) is 0 Å². The summed E-state index contributed by atoms with van der Waals surface area (Å²) in [5.41, 5.74) is -1.10. The van der Waals surface area contributed by atoms with Crippen LogP contribution in [0.4, 0.5) is 0 Å². The first-order valence-electron chi connectivity index (χ1n) is 12.3. The first kappa shape index (κ1) is 25.0. The maximum Gasteiger partial charge on any atom is 0.486 e. The minimum atomic E-state index is -1.22. The minimum Gasteiger partial charge on any atom is -0.497 e. The highest BCUT2D eigenvalue weighted by Gasteiger charge is 2.81. The summed E-state index contributed by atoms with van der Waals surface area (Å²) >= 11 is 0. The zero-order valence-corrected chi connectivity index (χ0v) is 21.8. The van der Waals surface area contributed by atoms with E-state index < -0.39 is 47.7 Å². The molecule has 0 bridgehead atoms. The van der Waals surface area contributed by atoms with Gasteiger partial charge in [0.05, 0.1) is 41.6 Å². The van der Waals surface area contributed by atoms with Crippen molar-refractivity contribution in [2.24, 2.45) is 5.92 Å². The zero-order chi connectivity index (χ0) is 26.2. The molecule has 0 aromatic heterocycles. The van der Waals surface area contributed by atoms with E-state index in [0.29, 0.717) is 16.9 Å². The Bertz CT molecular complexity index is 1160. The Balaban J connectivity index is 1.68. The molecule has 2 fully saturated rings. The zero-order valence-electron chi connectivity index (χ0n) is 21.8. The molecule has 3 aliphatic heterocycles. The van der Waals surface area contributed by atoms with Crippen molar-refractivity contribution in [3.05, 3.63) is 65.2 Å². The second kappa shape index (κ2) is 8.15. The van der Waals surface area contributed by atoms with Crippen LogP contribution < -0.4 is 4.74 Å². The first-order valence-corrected chi connectivity index (χ1v) is 12.3. The van der Waals surface area contributed by atoms with Crippen LogP contribution in [0.15, 0.2) is 48.5 Å². The van der Waals surface area contributed by atoms with Gasteiger partial charge >= 0.3 is 7.12 Å². The lowest BCUT2D eigenvalue weighted by atomic mass is 9.62. The van der Waals surface area contributed by atoms with Crippen molar-refractivity contribution in [2.75, 3.05) is 7.11 Å². The third-order valence-corrected chi connectivity index (χ3v) is 8.17. The Kier molecular flexibility index (Phi) is 5.65. The molecule has 8 nitrogen and oxygen atoms in total. The van der Waals surface area contributed by atoms with Gasteiger partial charge in [0.15, 0.2) is 0 Å². The number of aliphatic hydroxyl groups excluding tert-OH is 1. The summed E-state index contributed by atoms with van der Waals surface area (Å²) in [5.74, 6) is -0.394. The number of carbonyl (C=O) groups excluding carboxylic acids is 2. The average molecular weight is 492 g/mol. The topological polar surface area (TPSA) is 88.3 Å². The van der Waals surface area contributed by atoms with Gasteiger partial charge in [0, 0.05) is 0 Å². The van der Waals surface area contributed by atoms with Crippen molar-refractivity contribution >= 4 is 18.9 Å². The molecule has 0 saturated carbocycles. The van der Waals surface area contributed by atoms with Gasteiger partial charge in [-0.3, -0.25) is 9.59 Å². The molecule has 9 heteroatoms. The molecule has 3 heterocycles. The molecular formula is C27H33BN2O6. The average Bonchev–Trinajstić information content (AvgIpc) is 3.37. The Morgan fingerprint density at radius 1 is 0.917 bits per heavy atom. The van der Waals surface area contributed by atoms with Crippen LogP contribution in [-0.2, 0) is 9.31 Å². The van der Waals surface area contributed by atoms with Crippen LogP contribution in [-0.4, -0.2) is 63.9 Å². The van der Waals surface area contributed by atoms with Gasteiger partial charge in [0.2, 0.25) is 0 Å². The van der Waals surface area contributed by atoms with Crippen LogP contribution in [0.5, 0.6) is 5.75 Å². The third kappa shape index (κ3) is 3.30. The maximum atomic E-state index is 13.6. The van der Waals surface area contributed by atoms with Crippen LogP contribution in [0, 0.1) is 5.92 Å². The summed E-state index contributed by atoms with van der Waals surface area (Å²) in [4.78, 5) is 27.2. The number of hydrogen-bond donors (Lipinski definition) is 1. The van der Waals surface area contributed by atoms with Gasteiger partial charge in [-0.15, -0.1) is 0 Å². The lowest BCUT2D eigenvalue weighted by Crippen LogP contribution is -2.55. The summed E-state index contributed by atoms with van der Waals surface area (Å²) in [6, 6.07) is 13.6. The number of nitrogens with zero attached hydrogens (tertiary/aromatic N) is 2.